The first-order valence-electron chi connectivity index (χ1n) is 6.84. The van der Waals surface area contributed by atoms with E-state index in [2.05, 4.69) is 4.98 Å². The number of anilines is 1. The molecule has 9 nitrogen and oxygen atoms in total. The lowest BCUT2D eigenvalue weighted by Crippen LogP contribution is -2.42. The van der Waals surface area contributed by atoms with E-state index in [9.17, 15) is 19.2 Å². The molecule has 10 heteroatoms. The molecule has 0 bridgehead atoms. The molecule has 0 saturated carbocycles. The summed E-state index contributed by atoms with van der Waals surface area (Å²) in [5, 5.41) is 2.13. The molecule has 0 aliphatic carbocycles. The summed E-state index contributed by atoms with van der Waals surface area (Å²) >= 11 is 1.32. The lowest BCUT2D eigenvalue weighted by atomic mass is 10.2. The summed E-state index contributed by atoms with van der Waals surface area (Å²) in [4.78, 5) is 53.5. The Morgan fingerprint density at radius 3 is 2.62 bits per heavy atom. The van der Waals surface area contributed by atoms with Crippen molar-refractivity contribution in [2.75, 3.05) is 5.73 Å². The van der Waals surface area contributed by atoms with E-state index in [4.69, 9.17) is 5.73 Å². The molecule has 24 heavy (non-hydrogen) atoms. The predicted octanol–water partition coefficient (Wildman–Crippen LogP) is -0.679. The van der Waals surface area contributed by atoms with Gasteiger partial charge in [0.2, 0.25) is 0 Å². The van der Waals surface area contributed by atoms with Crippen LogP contribution >= 0.6 is 11.3 Å². The van der Waals surface area contributed by atoms with Gasteiger partial charge in [0.25, 0.3) is 11.1 Å². The quantitative estimate of drug-likeness (QED) is 0.627. The highest BCUT2D eigenvalue weighted by molar-refractivity contribution is 7.16. The van der Waals surface area contributed by atoms with Crippen LogP contribution in [0.2, 0.25) is 0 Å². The number of carbonyl (C=O) groups excluding carboxylic acids is 1. The predicted molar refractivity (Wildman–Crippen MR) is 89.5 cm³/mol. The number of nitrogen functional groups attached to an aromatic ring is 1. The van der Waals surface area contributed by atoms with Gasteiger partial charge in [0, 0.05) is 14.1 Å². The number of nitrogens with two attached hydrogens (primary N) is 1. The van der Waals surface area contributed by atoms with Crippen LogP contribution in [0.1, 0.15) is 10.4 Å². The van der Waals surface area contributed by atoms with Crippen LogP contribution < -0.4 is 22.5 Å². The third-order valence-corrected chi connectivity index (χ3v) is 4.57. The lowest BCUT2D eigenvalue weighted by Gasteiger charge is -2.11. The molecule has 0 atom stereocenters. The van der Waals surface area contributed by atoms with Gasteiger partial charge in [0.05, 0.1) is 18.3 Å². The van der Waals surface area contributed by atoms with E-state index in [0.717, 1.165) is 13.7 Å². The summed E-state index contributed by atoms with van der Waals surface area (Å²) in [6, 6.07) is 1.62. The first kappa shape index (κ1) is 15.9. The Kier molecular flexibility index (Phi) is 3.68. The van der Waals surface area contributed by atoms with Gasteiger partial charge < -0.3 is 5.73 Å². The Hall–Kier alpha value is -3.01. The van der Waals surface area contributed by atoms with Gasteiger partial charge >= 0.3 is 5.69 Å². The Morgan fingerprint density at radius 1 is 1.21 bits per heavy atom. The number of ketones is 1. The van der Waals surface area contributed by atoms with E-state index >= 15 is 0 Å². The molecule has 0 spiro atoms. The first-order valence-corrected chi connectivity index (χ1v) is 7.72. The molecular formula is C14H13N5O4S. The molecule has 0 aliphatic rings. The SMILES string of the molecule is Cn1c(N)c(C(=O)Cn2cnc3sccc3c2=O)c(=O)n(C)c1=O. The number of hydrogen-bond acceptors (Lipinski definition) is 7. The molecular weight excluding hydrogens is 334 g/mol. The average molecular weight is 347 g/mol. The van der Waals surface area contributed by atoms with Crippen LogP contribution in [0.5, 0.6) is 0 Å². The largest absolute Gasteiger partial charge is 0.384 e. The van der Waals surface area contributed by atoms with Gasteiger partial charge in [-0.15, -0.1) is 11.3 Å². The van der Waals surface area contributed by atoms with Crippen molar-refractivity contribution < 1.29 is 4.79 Å². The number of Topliss-reactive ketones (excluding diaryl/α,β-unsaturated/α-hetero) is 1. The second-order valence-corrected chi connectivity index (χ2v) is 6.10. The van der Waals surface area contributed by atoms with Crippen molar-refractivity contribution in [2.45, 2.75) is 6.54 Å². The van der Waals surface area contributed by atoms with Gasteiger partial charge in [-0.25, -0.2) is 9.78 Å². The number of carbonyl (C=O) groups is 1. The fourth-order valence-corrected chi connectivity index (χ4v) is 3.09. The second-order valence-electron chi connectivity index (χ2n) is 5.21. The summed E-state index contributed by atoms with van der Waals surface area (Å²) < 4.78 is 2.92. The molecule has 3 heterocycles. The minimum atomic E-state index is -0.793. The summed E-state index contributed by atoms with van der Waals surface area (Å²) in [5.74, 6) is -0.895. The summed E-state index contributed by atoms with van der Waals surface area (Å²) in [6.07, 6.45) is 1.25. The van der Waals surface area contributed by atoms with Crippen LogP contribution in [-0.2, 0) is 20.6 Å². The normalized spacial score (nSPS) is 11.1. The van der Waals surface area contributed by atoms with E-state index in [-0.39, 0.29) is 16.9 Å². The van der Waals surface area contributed by atoms with Crippen molar-refractivity contribution in [1.82, 2.24) is 18.7 Å². The van der Waals surface area contributed by atoms with E-state index in [1.165, 1.54) is 31.8 Å². The van der Waals surface area contributed by atoms with Crippen molar-refractivity contribution >= 4 is 33.2 Å². The average Bonchev–Trinajstić information content (AvgIpc) is 3.03. The zero-order valence-corrected chi connectivity index (χ0v) is 13.7. The highest BCUT2D eigenvalue weighted by Gasteiger charge is 2.21. The summed E-state index contributed by atoms with van der Waals surface area (Å²) in [7, 11) is 2.62. The van der Waals surface area contributed by atoms with Gasteiger partial charge in [-0.05, 0) is 11.4 Å². The third-order valence-electron chi connectivity index (χ3n) is 3.75. The zero-order valence-electron chi connectivity index (χ0n) is 12.8. The molecule has 0 fully saturated rings. The molecule has 3 rings (SSSR count). The maximum absolute atomic E-state index is 12.5. The summed E-state index contributed by atoms with van der Waals surface area (Å²) in [5.41, 5.74) is 3.62. The fraction of sp³-hybridized carbons (Fsp3) is 0.214. The molecule has 3 aromatic rings. The van der Waals surface area contributed by atoms with Crippen LogP contribution in [0.4, 0.5) is 5.82 Å². The minimum Gasteiger partial charge on any atom is -0.384 e. The standard InChI is InChI=1S/C14H13N5O4S/c1-17-10(15)9(13(22)18(2)14(17)23)8(20)5-19-6-16-11-7(12(19)21)3-4-24-11/h3-4,6H,5,15H2,1-2H3. The van der Waals surface area contributed by atoms with E-state index in [0.29, 0.717) is 10.2 Å². The topological polar surface area (TPSA) is 122 Å². The summed E-state index contributed by atoms with van der Waals surface area (Å²) in [6.45, 7) is -0.394. The highest BCUT2D eigenvalue weighted by atomic mass is 32.1. The van der Waals surface area contributed by atoms with E-state index in [1.54, 1.807) is 11.4 Å². The first-order chi connectivity index (χ1) is 11.3. The Morgan fingerprint density at radius 2 is 1.92 bits per heavy atom. The van der Waals surface area contributed by atoms with Crippen molar-refractivity contribution in [3.63, 3.8) is 0 Å². The highest BCUT2D eigenvalue weighted by Crippen LogP contribution is 2.13. The molecule has 124 valence electrons. The maximum atomic E-state index is 12.5. The van der Waals surface area contributed by atoms with Crippen molar-refractivity contribution in [2.24, 2.45) is 14.1 Å². The fourth-order valence-electron chi connectivity index (χ4n) is 2.36. The molecule has 0 radical (unpaired) electrons. The number of hydrogen-bond donors (Lipinski definition) is 1. The third kappa shape index (κ3) is 2.27. The number of fused-ring (bicyclic) bond motifs is 1. The molecule has 0 unspecified atom stereocenters. The molecule has 0 amide bonds. The van der Waals surface area contributed by atoms with Crippen LogP contribution in [0.15, 0.2) is 32.2 Å². The van der Waals surface area contributed by atoms with Gasteiger partial charge in [0.15, 0.2) is 5.78 Å². The number of aromatic nitrogens is 4. The zero-order chi connectivity index (χ0) is 17.6. The molecule has 0 aromatic carbocycles. The van der Waals surface area contributed by atoms with Crippen molar-refractivity contribution in [1.29, 1.82) is 0 Å². The molecule has 2 N–H and O–H groups in total. The van der Waals surface area contributed by atoms with E-state index < -0.39 is 23.6 Å². The van der Waals surface area contributed by atoms with Crippen LogP contribution in [-0.4, -0.2) is 24.5 Å². The monoisotopic (exact) mass is 347 g/mol. The van der Waals surface area contributed by atoms with Crippen molar-refractivity contribution in [3.05, 3.63) is 54.5 Å². The second kappa shape index (κ2) is 5.57. The maximum Gasteiger partial charge on any atom is 0.332 e. The number of thiophene rings is 1. The van der Waals surface area contributed by atoms with Gasteiger partial charge in [-0.3, -0.25) is 28.1 Å². The number of rotatable bonds is 3. The van der Waals surface area contributed by atoms with Gasteiger partial charge in [-0.2, -0.15) is 0 Å². The van der Waals surface area contributed by atoms with Crippen LogP contribution in [0.3, 0.4) is 0 Å². The number of nitrogens with zero attached hydrogens (tertiary/aromatic N) is 4. The minimum absolute atomic E-state index is 0.231. The molecule has 0 aliphatic heterocycles. The van der Waals surface area contributed by atoms with Crippen LogP contribution in [0, 0.1) is 0 Å². The van der Waals surface area contributed by atoms with Crippen molar-refractivity contribution in [3.8, 4) is 0 Å². The lowest BCUT2D eigenvalue weighted by molar-refractivity contribution is 0.0968. The Labute approximate surface area is 138 Å². The van der Waals surface area contributed by atoms with E-state index in [1.807, 2.05) is 0 Å². The smallest absolute Gasteiger partial charge is 0.332 e. The Bertz CT molecular complexity index is 1150. The Balaban J connectivity index is 2.10. The van der Waals surface area contributed by atoms with Crippen LogP contribution in [0.25, 0.3) is 10.2 Å². The molecule has 3 aromatic heterocycles. The van der Waals surface area contributed by atoms with Gasteiger partial charge in [-0.1, -0.05) is 0 Å². The molecule has 0 saturated heterocycles. The van der Waals surface area contributed by atoms with Gasteiger partial charge in [0.1, 0.15) is 16.2 Å².